The predicted octanol–water partition coefficient (Wildman–Crippen LogP) is 6.66. The van der Waals surface area contributed by atoms with Gasteiger partial charge in [-0.05, 0) is 18.2 Å². The number of benzene rings is 1. The Morgan fingerprint density at radius 1 is 0.633 bits per heavy atom. The normalized spacial score (nSPS) is 10.1. The number of aliphatic carboxylic acids is 2. The summed E-state index contributed by atoms with van der Waals surface area (Å²) in [7, 11) is 5.63. The molecule has 0 atom stereocenters. The van der Waals surface area contributed by atoms with E-state index in [1.165, 1.54) is 64.8 Å². The number of carboxylic acid groups (broad SMARTS) is 3. The van der Waals surface area contributed by atoms with Crippen LogP contribution in [0.4, 0.5) is 10.1 Å². The zero-order valence-corrected chi connectivity index (χ0v) is 34.5. The van der Waals surface area contributed by atoms with Gasteiger partial charge in [0, 0.05) is 0 Å². The first-order valence-corrected chi connectivity index (χ1v) is 17.5. The number of carboxylic acids is 3. The van der Waals surface area contributed by atoms with Crippen molar-refractivity contribution in [1.29, 1.82) is 0 Å². The first kappa shape index (κ1) is 48.0. The van der Waals surface area contributed by atoms with Crippen LogP contribution in [0.25, 0.3) is 0 Å². The molecule has 0 spiro atoms. The quantitative estimate of drug-likeness (QED) is 0.0798. The standard InChI is InChI=1S/C19H18N4O8.C7H4Cl3NO3.C7H5Cl2FN2O3/c1-26-12-8-13(27-2)21-18(20-12)30-10-6-5-7-11(16(10)17(24)25)31-19-22-14(28-3)9-15(23-19)29-4;8-3-1-4(9)7(11-6(3)10)14-2-5(12)13;8-3-5(11)4(9)7(12-6(3)10)15-1-2(13)14/h5-9H,1-4H3,(H,24,25);1H,2H2,(H,12,13);1H2,(H2,11,12)(H,13,14). The van der Waals surface area contributed by atoms with Crippen LogP contribution >= 0.6 is 58.0 Å². The summed E-state index contributed by atoms with van der Waals surface area (Å²) in [5, 5.41) is 26.1. The van der Waals surface area contributed by atoms with Crippen LogP contribution in [-0.4, -0.2) is 105 Å². The van der Waals surface area contributed by atoms with E-state index in [0.717, 1.165) is 0 Å². The Hall–Kier alpha value is -6.33. The summed E-state index contributed by atoms with van der Waals surface area (Å²) in [4.78, 5) is 55.3. The minimum absolute atomic E-state index is 0.0106. The van der Waals surface area contributed by atoms with E-state index >= 15 is 0 Å². The molecule has 5 aromatic rings. The minimum Gasteiger partial charge on any atom is -0.481 e. The Bertz CT molecular complexity index is 2230. The molecule has 5 rings (SSSR count). The summed E-state index contributed by atoms with van der Waals surface area (Å²) in [6.45, 7) is -1.24. The number of carbonyl (C=O) groups is 3. The first-order chi connectivity index (χ1) is 28.4. The third-order valence-corrected chi connectivity index (χ3v) is 7.99. The lowest BCUT2D eigenvalue weighted by Gasteiger charge is -2.13. The summed E-state index contributed by atoms with van der Waals surface area (Å²) >= 11 is 27.8. The Morgan fingerprint density at radius 2 is 1.07 bits per heavy atom. The lowest BCUT2D eigenvalue weighted by atomic mass is 10.2. The van der Waals surface area contributed by atoms with Crippen LogP contribution < -0.4 is 43.6 Å². The summed E-state index contributed by atoms with van der Waals surface area (Å²) in [5.41, 5.74) is 4.77. The van der Waals surface area contributed by atoms with E-state index in [1.807, 2.05) is 0 Å². The molecule has 0 saturated carbocycles. The Balaban J connectivity index is 0.000000275. The highest BCUT2D eigenvalue weighted by molar-refractivity contribution is 6.42. The number of methoxy groups -OCH3 is 4. The van der Waals surface area contributed by atoms with E-state index in [4.69, 9.17) is 107 Å². The van der Waals surface area contributed by atoms with Crippen LogP contribution in [0, 0.1) is 5.95 Å². The number of ether oxygens (including phenoxy) is 8. The molecule has 0 unspecified atom stereocenters. The number of nitrogens with zero attached hydrogens (tertiary/aromatic N) is 6. The van der Waals surface area contributed by atoms with Crippen molar-refractivity contribution in [1.82, 2.24) is 29.9 Å². The molecule has 0 saturated heterocycles. The van der Waals surface area contributed by atoms with Gasteiger partial charge in [0.15, 0.2) is 18.4 Å². The number of aromatic carboxylic acids is 1. The van der Waals surface area contributed by atoms with Crippen LogP contribution in [-0.2, 0) is 9.59 Å². The van der Waals surface area contributed by atoms with Gasteiger partial charge in [0.2, 0.25) is 41.2 Å². The van der Waals surface area contributed by atoms with Gasteiger partial charge in [-0.15, -0.1) is 0 Å². The van der Waals surface area contributed by atoms with E-state index in [0.29, 0.717) is 0 Å². The largest absolute Gasteiger partial charge is 0.481 e. The molecule has 0 bridgehead atoms. The maximum absolute atomic E-state index is 12.9. The van der Waals surface area contributed by atoms with Gasteiger partial charge >= 0.3 is 29.9 Å². The van der Waals surface area contributed by atoms with Gasteiger partial charge in [-0.3, -0.25) is 0 Å². The molecule has 4 heterocycles. The molecule has 60 heavy (non-hydrogen) atoms. The molecule has 0 aliphatic heterocycles. The van der Waals surface area contributed by atoms with E-state index in [1.54, 1.807) is 0 Å². The average Bonchev–Trinajstić information content (AvgIpc) is 3.21. The van der Waals surface area contributed by atoms with Gasteiger partial charge in [0.1, 0.15) is 32.1 Å². The highest BCUT2D eigenvalue weighted by atomic mass is 35.5. The Kier molecular flexibility index (Phi) is 18.2. The summed E-state index contributed by atoms with van der Waals surface area (Å²) in [6, 6.07) is 8.19. The van der Waals surface area contributed by atoms with Crippen molar-refractivity contribution in [3.05, 3.63) is 73.2 Å². The van der Waals surface area contributed by atoms with Gasteiger partial charge in [0.25, 0.3) is 0 Å². The van der Waals surface area contributed by atoms with Crippen LogP contribution in [0.15, 0.2) is 36.4 Å². The van der Waals surface area contributed by atoms with Gasteiger partial charge in [0.05, 0.1) is 51.3 Å². The predicted molar refractivity (Wildman–Crippen MR) is 208 cm³/mol. The van der Waals surface area contributed by atoms with Gasteiger partial charge < -0.3 is 58.9 Å². The topological polar surface area (TPSA) is 289 Å². The number of hydrogen-bond acceptors (Lipinski definition) is 18. The lowest BCUT2D eigenvalue weighted by Crippen LogP contribution is -2.11. The number of nitrogens with two attached hydrogens (primary N) is 1. The van der Waals surface area contributed by atoms with E-state index < -0.39 is 48.0 Å². The van der Waals surface area contributed by atoms with Crippen molar-refractivity contribution in [2.24, 2.45) is 0 Å². The average molecular weight is 942 g/mol. The van der Waals surface area contributed by atoms with Crippen LogP contribution in [0.5, 0.6) is 58.8 Å². The fourth-order valence-corrected chi connectivity index (χ4v) is 4.68. The molecule has 21 nitrogen and oxygen atoms in total. The molecule has 0 aliphatic rings. The fraction of sp³-hybridized carbons (Fsp3) is 0.182. The highest BCUT2D eigenvalue weighted by Crippen LogP contribution is 2.36. The third kappa shape index (κ3) is 13.9. The fourth-order valence-electron chi connectivity index (χ4n) is 3.76. The number of aromatic nitrogens is 6. The maximum atomic E-state index is 12.9. The zero-order chi connectivity index (χ0) is 44.7. The molecular weight excluding hydrogens is 915 g/mol. The lowest BCUT2D eigenvalue weighted by molar-refractivity contribution is -0.140. The maximum Gasteiger partial charge on any atom is 0.343 e. The molecule has 5 N–H and O–H groups in total. The van der Waals surface area contributed by atoms with Crippen LogP contribution in [0.3, 0.4) is 0 Å². The minimum atomic E-state index is -1.32. The molecule has 27 heteroatoms. The smallest absolute Gasteiger partial charge is 0.343 e. The van der Waals surface area contributed by atoms with Crippen molar-refractivity contribution in [3.8, 4) is 58.8 Å². The molecule has 0 aliphatic carbocycles. The summed E-state index contributed by atoms with van der Waals surface area (Å²) in [5.74, 6) is -4.73. The molecule has 320 valence electrons. The number of halogens is 6. The van der Waals surface area contributed by atoms with E-state index in [2.05, 4.69) is 34.6 Å². The van der Waals surface area contributed by atoms with Crippen LogP contribution in [0.1, 0.15) is 10.4 Å². The van der Waals surface area contributed by atoms with Crippen molar-refractivity contribution < 1.29 is 72.0 Å². The molecule has 0 radical (unpaired) electrons. The van der Waals surface area contributed by atoms with Crippen LogP contribution in [0.2, 0.25) is 25.2 Å². The third-order valence-electron chi connectivity index (χ3n) is 6.32. The van der Waals surface area contributed by atoms with Crippen molar-refractivity contribution >= 4 is 81.6 Å². The SMILES string of the molecule is COc1cc(OC)nc(Oc2cccc(Oc3nc(OC)cc(OC)n3)c2C(=O)O)n1.Nc1c(Cl)c(F)nc(OCC(=O)O)c1Cl.O=C(O)COc1nc(Cl)c(Cl)cc1Cl. The monoisotopic (exact) mass is 939 g/mol. The summed E-state index contributed by atoms with van der Waals surface area (Å²) < 4.78 is 53.7. The van der Waals surface area contributed by atoms with Gasteiger partial charge in [-0.1, -0.05) is 64.1 Å². The number of hydrogen-bond donors (Lipinski definition) is 4. The van der Waals surface area contributed by atoms with Crippen molar-refractivity contribution in [2.75, 3.05) is 47.4 Å². The van der Waals surface area contributed by atoms with E-state index in [-0.39, 0.29) is 84.4 Å². The zero-order valence-electron chi connectivity index (χ0n) is 30.7. The second-order valence-electron chi connectivity index (χ2n) is 10.3. The Labute approximate surface area is 361 Å². The molecule has 0 fully saturated rings. The molecule has 4 aromatic heterocycles. The highest BCUT2D eigenvalue weighted by Gasteiger charge is 2.22. The number of rotatable bonds is 15. The number of nitrogen functional groups attached to an aromatic ring is 1. The second kappa shape index (κ2) is 22.7. The Morgan fingerprint density at radius 3 is 1.47 bits per heavy atom. The summed E-state index contributed by atoms with van der Waals surface area (Å²) in [6.07, 6.45) is 0. The molecule has 0 amide bonds. The molecular formula is C33H27Cl5FN7O14. The number of pyridine rings is 2. The first-order valence-electron chi connectivity index (χ1n) is 15.6. The van der Waals surface area contributed by atoms with Crippen molar-refractivity contribution in [3.63, 3.8) is 0 Å². The second-order valence-corrected chi connectivity index (χ2v) is 12.2. The number of anilines is 1. The molecule has 1 aromatic carbocycles. The van der Waals surface area contributed by atoms with Gasteiger partial charge in [-0.2, -0.15) is 34.3 Å². The van der Waals surface area contributed by atoms with E-state index in [9.17, 15) is 23.9 Å². The van der Waals surface area contributed by atoms with Gasteiger partial charge in [-0.25, -0.2) is 14.4 Å². The van der Waals surface area contributed by atoms with Crippen molar-refractivity contribution in [2.45, 2.75) is 0 Å².